The van der Waals surface area contributed by atoms with E-state index in [1.165, 1.54) is 14.0 Å². The Hall–Kier alpha value is -2.14. The maximum Gasteiger partial charge on any atom is 0.407 e. The first-order valence-electron chi connectivity index (χ1n) is 7.49. The minimum atomic E-state index is -0.668. The first kappa shape index (κ1) is 18.9. The molecule has 0 aliphatic rings. The molecule has 0 aliphatic heterocycles. The summed E-state index contributed by atoms with van der Waals surface area (Å²) in [5.41, 5.74) is 1.33. The number of carbonyl (C=O) groups is 1. The Labute approximate surface area is 137 Å². The van der Waals surface area contributed by atoms with Crippen molar-refractivity contribution < 1.29 is 18.7 Å². The molecule has 0 aromatic heterocycles. The fourth-order valence-corrected chi connectivity index (χ4v) is 2.20. The highest BCUT2D eigenvalue weighted by Crippen LogP contribution is 2.19. The van der Waals surface area contributed by atoms with Crippen LogP contribution in [0.25, 0.3) is 0 Å². The summed E-state index contributed by atoms with van der Waals surface area (Å²) in [7, 11) is 1.46. The summed E-state index contributed by atoms with van der Waals surface area (Å²) in [4.78, 5) is 11.9. The Morgan fingerprint density at radius 3 is 2.52 bits per heavy atom. The maximum atomic E-state index is 13.6. The number of amides is 1. The zero-order valence-electron chi connectivity index (χ0n) is 14.0. The predicted octanol–water partition coefficient (Wildman–Crippen LogP) is 4.14. The number of rotatable bonds is 7. The molecule has 1 aromatic rings. The molecule has 5 heteroatoms. The molecule has 0 heterocycles. The highest BCUT2D eigenvalue weighted by atomic mass is 19.1. The first-order valence-corrected chi connectivity index (χ1v) is 7.49. The summed E-state index contributed by atoms with van der Waals surface area (Å²) >= 11 is 0. The largest absolute Gasteiger partial charge is 0.443 e. The van der Waals surface area contributed by atoms with Crippen molar-refractivity contribution in [2.24, 2.45) is 0 Å². The highest BCUT2D eigenvalue weighted by Gasteiger charge is 2.25. The van der Waals surface area contributed by atoms with Crippen LogP contribution in [0.1, 0.15) is 26.3 Å². The van der Waals surface area contributed by atoms with Gasteiger partial charge >= 0.3 is 6.09 Å². The highest BCUT2D eigenvalue weighted by molar-refractivity contribution is 5.67. The van der Waals surface area contributed by atoms with Crippen LogP contribution in [0.2, 0.25) is 0 Å². The quantitative estimate of drug-likeness (QED) is 0.768. The van der Waals surface area contributed by atoms with Crippen LogP contribution < -0.4 is 5.32 Å². The van der Waals surface area contributed by atoms with Crippen LogP contribution in [0.15, 0.2) is 53.9 Å². The smallest absolute Gasteiger partial charge is 0.407 e. The van der Waals surface area contributed by atoms with Gasteiger partial charge in [0.2, 0.25) is 0 Å². The summed E-state index contributed by atoms with van der Waals surface area (Å²) in [6.45, 7) is 5.17. The van der Waals surface area contributed by atoms with Gasteiger partial charge in [-0.15, -0.1) is 0 Å². The molecule has 1 aromatic carbocycles. The summed E-state index contributed by atoms with van der Waals surface area (Å²) in [5.74, 6) is -0.366. The van der Waals surface area contributed by atoms with Gasteiger partial charge in [-0.2, -0.15) is 0 Å². The third kappa shape index (κ3) is 6.24. The molecule has 4 nitrogen and oxygen atoms in total. The van der Waals surface area contributed by atoms with Crippen LogP contribution in [-0.2, 0) is 16.0 Å². The van der Waals surface area contributed by atoms with Gasteiger partial charge in [0.1, 0.15) is 18.0 Å². The van der Waals surface area contributed by atoms with Crippen LogP contribution in [0.4, 0.5) is 9.18 Å². The van der Waals surface area contributed by atoms with Crippen LogP contribution in [-0.4, -0.2) is 25.4 Å². The summed E-state index contributed by atoms with van der Waals surface area (Å²) < 4.78 is 24.2. The monoisotopic (exact) mass is 321 g/mol. The van der Waals surface area contributed by atoms with Gasteiger partial charge in [-0.1, -0.05) is 42.5 Å². The molecule has 0 aliphatic carbocycles. The Kier molecular flexibility index (Phi) is 8.05. The molecule has 23 heavy (non-hydrogen) atoms. The number of nitrogens with one attached hydrogen (secondary N) is 1. The number of methoxy groups -OCH3 is 1. The lowest BCUT2D eigenvalue weighted by atomic mass is 10.0. The second-order valence-corrected chi connectivity index (χ2v) is 5.09. The van der Waals surface area contributed by atoms with E-state index in [1.807, 2.05) is 30.3 Å². The van der Waals surface area contributed by atoms with Crippen molar-refractivity contribution in [2.75, 3.05) is 7.11 Å². The van der Waals surface area contributed by atoms with Gasteiger partial charge in [0.15, 0.2) is 0 Å². The van der Waals surface area contributed by atoms with E-state index in [9.17, 15) is 9.18 Å². The van der Waals surface area contributed by atoms with Gasteiger partial charge in [0.05, 0.1) is 0 Å². The SMILES string of the molecule is CC=CC(=C(C)F)C(OC)C(C)OC(=O)NCc1ccccc1. The number of hydrogen-bond acceptors (Lipinski definition) is 3. The Bertz CT molecular complexity index is 551. The van der Waals surface area contributed by atoms with Gasteiger partial charge in [-0.05, 0) is 26.3 Å². The average Bonchev–Trinajstić information content (AvgIpc) is 2.53. The number of allylic oxidation sites excluding steroid dienone is 2. The van der Waals surface area contributed by atoms with Crippen molar-refractivity contribution in [1.29, 1.82) is 0 Å². The van der Waals surface area contributed by atoms with Crippen molar-refractivity contribution in [1.82, 2.24) is 5.32 Å². The minimum Gasteiger partial charge on any atom is -0.443 e. The van der Waals surface area contributed by atoms with E-state index >= 15 is 0 Å². The topological polar surface area (TPSA) is 47.6 Å². The predicted molar refractivity (Wildman–Crippen MR) is 88.6 cm³/mol. The third-order valence-electron chi connectivity index (χ3n) is 3.30. The molecule has 0 bridgehead atoms. The zero-order chi connectivity index (χ0) is 17.2. The van der Waals surface area contributed by atoms with E-state index in [0.717, 1.165) is 5.56 Å². The molecule has 126 valence electrons. The standard InChI is InChI=1S/C18H24FNO3/c1-5-9-16(13(2)19)17(22-4)14(3)23-18(21)20-12-15-10-7-6-8-11-15/h5-11,14,17H,12H2,1-4H3,(H,20,21). The van der Waals surface area contributed by atoms with E-state index < -0.39 is 18.3 Å². The second kappa shape index (κ2) is 9.79. The van der Waals surface area contributed by atoms with Crippen LogP contribution >= 0.6 is 0 Å². The maximum absolute atomic E-state index is 13.6. The lowest BCUT2D eigenvalue weighted by Gasteiger charge is -2.24. The molecule has 1 rings (SSSR count). The normalized spacial score (nSPS) is 15.0. The average molecular weight is 321 g/mol. The lowest BCUT2D eigenvalue weighted by molar-refractivity contribution is 0.00619. The number of carbonyl (C=O) groups excluding carboxylic acids is 1. The molecular formula is C18H24FNO3. The van der Waals surface area contributed by atoms with Crippen molar-refractivity contribution in [3.63, 3.8) is 0 Å². The number of alkyl carbamates (subject to hydrolysis) is 1. The third-order valence-corrected chi connectivity index (χ3v) is 3.30. The fourth-order valence-electron chi connectivity index (χ4n) is 2.20. The van der Waals surface area contributed by atoms with Crippen molar-refractivity contribution in [2.45, 2.75) is 39.5 Å². The molecule has 0 fully saturated rings. The second-order valence-electron chi connectivity index (χ2n) is 5.09. The van der Waals surface area contributed by atoms with Crippen molar-refractivity contribution >= 4 is 6.09 Å². The van der Waals surface area contributed by atoms with Gasteiger partial charge in [-0.25, -0.2) is 9.18 Å². The molecule has 2 atom stereocenters. The molecule has 0 saturated carbocycles. The molecule has 0 radical (unpaired) electrons. The van der Waals surface area contributed by atoms with Gasteiger partial charge in [0.25, 0.3) is 0 Å². The Balaban J connectivity index is 2.63. The molecule has 0 saturated heterocycles. The number of benzene rings is 1. The zero-order valence-corrected chi connectivity index (χ0v) is 14.0. The van der Waals surface area contributed by atoms with E-state index in [-0.39, 0.29) is 5.83 Å². The summed E-state index contributed by atoms with van der Waals surface area (Å²) in [5, 5.41) is 2.66. The van der Waals surface area contributed by atoms with Crippen molar-refractivity contribution in [3.05, 3.63) is 59.4 Å². The van der Waals surface area contributed by atoms with E-state index in [2.05, 4.69) is 5.32 Å². The van der Waals surface area contributed by atoms with Crippen LogP contribution in [0, 0.1) is 0 Å². The van der Waals surface area contributed by atoms with E-state index in [4.69, 9.17) is 9.47 Å². The van der Waals surface area contributed by atoms with E-state index in [0.29, 0.717) is 12.1 Å². The van der Waals surface area contributed by atoms with Crippen molar-refractivity contribution in [3.8, 4) is 0 Å². The summed E-state index contributed by atoms with van der Waals surface area (Å²) in [6.07, 6.45) is 1.46. The van der Waals surface area contributed by atoms with Crippen LogP contribution in [0.3, 0.4) is 0 Å². The molecule has 1 amide bonds. The Morgan fingerprint density at radius 1 is 1.35 bits per heavy atom. The van der Waals surface area contributed by atoms with Gasteiger partial charge in [0, 0.05) is 19.2 Å². The van der Waals surface area contributed by atoms with Crippen LogP contribution in [0.5, 0.6) is 0 Å². The summed E-state index contributed by atoms with van der Waals surface area (Å²) in [6, 6.07) is 9.50. The van der Waals surface area contributed by atoms with Gasteiger partial charge < -0.3 is 14.8 Å². The Morgan fingerprint density at radius 2 is 2.00 bits per heavy atom. The van der Waals surface area contributed by atoms with Gasteiger partial charge in [-0.3, -0.25) is 0 Å². The number of halogens is 1. The lowest BCUT2D eigenvalue weighted by Crippen LogP contribution is -2.35. The molecular weight excluding hydrogens is 297 g/mol. The van der Waals surface area contributed by atoms with E-state index in [1.54, 1.807) is 26.0 Å². The first-order chi connectivity index (χ1) is 11.0. The minimum absolute atomic E-state index is 0.360. The molecule has 2 unspecified atom stereocenters. The molecule has 0 spiro atoms. The molecule has 1 N–H and O–H groups in total. The number of ether oxygens (including phenoxy) is 2. The fraction of sp³-hybridized carbons (Fsp3) is 0.389. The number of hydrogen-bond donors (Lipinski definition) is 1.